The molecule has 0 spiro atoms. The fourth-order valence-electron chi connectivity index (χ4n) is 4.84. The summed E-state index contributed by atoms with van der Waals surface area (Å²) in [4.78, 5) is 35.6. The van der Waals surface area contributed by atoms with Gasteiger partial charge in [0, 0.05) is 71.0 Å². The van der Waals surface area contributed by atoms with Crippen molar-refractivity contribution in [2.45, 2.75) is 11.8 Å². The number of nitrogens with one attached hydrogen (secondary N) is 1. The van der Waals surface area contributed by atoms with Gasteiger partial charge in [0.15, 0.2) is 5.13 Å². The molecule has 2 saturated heterocycles. The number of anilines is 1. The van der Waals surface area contributed by atoms with Gasteiger partial charge in [-0.25, -0.2) is 18.2 Å². The van der Waals surface area contributed by atoms with Crippen molar-refractivity contribution in [2.24, 2.45) is 0 Å². The molecule has 0 bridgehead atoms. The van der Waals surface area contributed by atoms with Crippen LogP contribution in [-0.2, 0) is 14.8 Å². The molecule has 0 unspecified atom stereocenters. The predicted molar refractivity (Wildman–Crippen MR) is 154 cm³/mol. The molecular formula is C27H34N6O5S2. The Bertz CT molecular complexity index is 1400. The van der Waals surface area contributed by atoms with E-state index in [-0.39, 0.29) is 43.6 Å². The molecule has 2 aromatic carbocycles. The lowest BCUT2D eigenvalue weighted by Gasteiger charge is -2.34. The van der Waals surface area contributed by atoms with Crippen LogP contribution in [-0.4, -0.2) is 112 Å². The Morgan fingerprint density at radius 3 is 2.33 bits per heavy atom. The fraction of sp³-hybridized carbons (Fsp3) is 0.444. The average Bonchev–Trinajstić information content (AvgIpc) is 3.42. The van der Waals surface area contributed by atoms with Crippen molar-refractivity contribution < 1.29 is 22.7 Å². The molecule has 0 radical (unpaired) electrons. The minimum Gasteiger partial charge on any atom is -0.450 e. The second-order valence-corrected chi connectivity index (χ2v) is 12.6. The van der Waals surface area contributed by atoms with Gasteiger partial charge in [0.05, 0.1) is 21.7 Å². The number of benzene rings is 2. The third-order valence-corrected chi connectivity index (χ3v) is 10.2. The van der Waals surface area contributed by atoms with Gasteiger partial charge in [0.1, 0.15) is 0 Å². The number of fused-ring (bicyclic) bond motifs is 1. The number of para-hydroxylation sites is 1. The lowest BCUT2D eigenvalue weighted by molar-refractivity contribution is 0.0932. The second kappa shape index (κ2) is 12.5. The molecule has 3 heterocycles. The summed E-state index contributed by atoms with van der Waals surface area (Å²) >= 11 is 1.72. The monoisotopic (exact) mass is 586 g/mol. The summed E-state index contributed by atoms with van der Waals surface area (Å²) in [7, 11) is -3.72. The fourth-order valence-corrected chi connectivity index (χ4v) is 7.28. The van der Waals surface area contributed by atoms with Crippen LogP contribution in [0.1, 0.15) is 17.3 Å². The van der Waals surface area contributed by atoms with Crippen LogP contribution in [0.4, 0.5) is 9.93 Å². The van der Waals surface area contributed by atoms with E-state index in [4.69, 9.17) is 9.72 Å². The highest BCUT2D eigenvalue weighted by atomic mass is 32.2. The number of hydrogen-bond donors (Lipinski definition) is 1. The van der Waals surface area contributed by atoms with Gasteiger partial charge in [-0.05, 0) is 43.3 Å². The highest BCUT2D eigenvalue weighted by molar-refractivity contribution is 7.89. The number of carbonyl (C=O) groups is 2. The van der Waals surface area contributed by atoms with E-state index in [0.29, 0.717) is 12.1 Å². The summed E-state index contributed by atoms with van der Waals surface area (Å²) in [6, 6.07) is 14.2. The van der Waals surface area contributed by atoms with Gasteiger partial charge in [-0.1, -0.05) is 23.5 Å². The maximum absolute atomic E-state index is 13.1. The van der Waals surface area contributed by atoms with Crippen LogP contribution in [0.15, 0.2) is 53.4 Å². The van der Waals surface area contributed by atoms with Crippen molar-refractivity contribution in [3.8, 4) is 0 Å². The van der Waals surface area contributed by atoms with Crippen LogP contribution in [0.25, 0.3) is 10.2 Å². The third kappa shape index (κ3) is 6.38. The van der Waals surface area contributed by atoms with Crippen molar-refractivity contribution in [3.63, 3.8) is 0 Å². The minimum atomic E-state index is -3.72. The standard InChI is InChI=1S/C27H34N6O5S2/c1-2-38-27(35)32-17-19-33(20-18-32)40(36,37)22-9-7-21(8-10-22)25(34)28-11-12-30-13-15-31(16-14-30)26-29-23-5-3-4-6-24(23)39-26/h3-10H,2,11-20H2,1H3,(H,28,34). The number of sulfonamides is 1. The van der Waals surface area contributed by atoms with Crippen LogP contribution in [0, 0.1) is 0 Å². The molecule has 1 N–H and O–H groups in total. The molecule has 2 aliphatic heterocycles. The third-order valence-electron chi connectivity index (χ3n) is 7.16. The number of carbonyl (C=O) groups excluding carboxylic acids is 2. The largest absolute Gasteiger partial charge is 0.450 e. The molecule has 2 fully saturated rings. The van der Waals surface area contributed by atoms with Gasteiger partial charge >= 0.3 is 6.09 Å². The zero-order chi connectivity index (χ0) is 28.1. The Morgan fingerprint density at radius 2 is 1.65 bits per heavy atom. The van der Waals surface area contributed by atoms with E-state index in [1.165, 1.54) is 38.2 Å². The van der Waals surface area contributed by atoms with Crippen molar-refractivity contribution >= 4 is 48.7 Å². The number of amides is 2. The molecule has 0 saturated carbocycles. The Hall–Kier alpha value is -3.26. The molecule has 5 rings (SSSR count). The number of rotatable bonds is 8. The van der Waals surface area contributed by atoms with Gasteiger partial charge in [0.25, 0.3) is 5.91 Å². The van der Waals surface area contributed by atoms with Crippen LogP contribution in [0.3, 0.4) is 0 Å². The smallest absolute Gasteiger partial charge is 0.409 e. The molecule has 1 aromatic heterocycles. The van der Waals surface area contributed by atoms with E-state index in [0.717, 1.165) is 43.4 Å². The van der Waals surface area contributed by atoms with E-state index in [1.807, 2.05) is 18.2 Å². The Kier molecular flexibility index (Phi) is 8.84. The number of thiazole rings is 1. The molecule has 0 aliphatic carbocycles. The van der Waals surface area contributed by atoms with Gasteiger partial charge in [-0.15, -0.1) is 0 Å². The van der Waals surface area contributed by atoms with E-state index in [1.54, 1.807) is 18.3 Å². The first-order chi connectivity index (χ1) is 19.3. The molecule has 11 nitrogen and oxygen atoms in total. The summed E-state index contributed by atoms with van der Waals surface area (Å²) < 4.78 is 33.7. The Labute approximate surface area is 238 Å². The van der Waals surface area contributed by atoms with E-state index in [9.17, 15) is 18.0 Å². The van der Waals surface area contributed by atoms with Gasteiger partial charge in [-0.2, -0.15) is 4.31 Å². The van der Waals surface area contributed by atoms with Gasteiger partial charge in [0.2, 0.25) is 10.0 Å². The SMILES string of the molecule is CCOC(=O)N1CCN(S(=O)(=O)c2ccc(C(=O)NCCN3CCN(c4nc5ccccc5s4)CC3)cc2)CC1. The van der Waals surface area contributed by atoms with E-state index >= 15 is 0 Å². The number of aromatic nitrogens is 1. The molecule has 2 aliphatic rings. The van der Waals surface area contributed by atoms with Crippen molar-refractivity contribution in [2.75, 3.05) is 77.0 Å². The molecule has 214 valence electrons. The van der Waals surface area contributed by atoms with Crippen LogP contribution >= 0.6 is 11.3 Å². The topological polar surface area (TPSA) is 115 Å². The second-order valence-electron chi connectivity index (χ2n) is 9.66. The first-order valence-corrected chi connectivity index (χ1v) is 15.7. The zero-order valence-electron chi connectivity index (χ0n) is 22.5. The van der Waals surface area contributed by atoms with Crippen LogP contribution in [0.2, 0.25) is 0 Å². The summed E-state index contributed by atoms with van der Waals surface area (Å²) in [5.41, 5.74) is 1.44. The van der Waals surface area contributed by atoms with Crippen molar-refractivity contribution in [1.82, 2.24) is 24.4 Å². The summed E-state index contributed by atoms with van der Waals surface area (Å²) in [6.45, 7) is 7.76. The molecule has 13 heteroatoms. The van der Waals surface area contributed by atoms with Crippen molar-refractivity contribution in [3.05, 3.63) is 54.1 Å². The van der Waals surface area contributed by atoms with Crippen LogP contribution in [0.5, 0.6) is 0 Å². The van der Waals surface area contributed by atoms with Crippen molar-refractivity contribution in [1.29, 1.82) is 0 Å². The van der Waals surface area contributed by atoms with Gasteiger partial charge < -0.3 is 19.9 Å². The van der Waals surface area contributed by atoms with Gasteiger partial charge in [-0.3, -0.25) is 9.69 Å². The molecule has 40 heavy (non-hydrogen) atoms. The van der Waals surface area contributed by atoms with E-state index in [2.05, 4.69) is 21.2 Å². The number of piperazine rings is 2. The highest BCUT2D eigenvalue weighted by Crippen LogP contribution is 2.29. The normalized spacial score (nSPS) is 17.2. The molecule has 0 atom stereocenters. The Morgan fingerprint density at radius 1 is 0.950 bits per heavy atom. The maximum Gasteiger partial charge on any atom is 0.409 e. The average molecular weight is 587 g/mol. The number of ether oxygens (including phenoxy) is 1. The quantitative estimate of drug-likeness (QED) is 0.428. The molecule has 3 aromatic rings. The number of nitrogens with zero attached hydrogens (tertiary/aromatic N) is 5. The first kappa shape index (κ1) is 28.3. The highest BCUT2D eigenvalue weighted by Gasteiger charge is 2.30. The summed E-state index contributed by atoms with van der Waals surface area (Å²) in [6.07, 6.45) is -0.429. The summed E-state index contributed by atoms with van der Waals surface area (Å²) in [5, 5.41) is 3.99. The predicted octanol–water partition coefficient (Wildman–Crippen LogP) is 2.31. The number of hydrogen-bond acceptors (Lipinski definition) is 9. The zero-order valence-corrected chi connectivity index (χ0v) is 24.1. The summed E-state index contributed by atoms with van der Waals surface area (Å²) in [5.74, 6) is -0.236. The lowest BCUT2D eigenvalue weighted by atomic mass is 10.2. The Balaban J connectivity index is 1.06. The maximum atomic E-state index is 13.1. The van der Waals surface area contributed by atoms with E-state index < -0.39 is 16.1 Å². The molecular weight excluding hydrogens is 552 g/mol. The minimum absolute atomic E-state index is 0.125. The molecule has 2 amide bonds. The lowest BCUT2D eigenvalue weighted by Crippen LogP contribution is -2.50. The van der Waals surface area contributed by atoms with Crippen LogP contribution < -0.4 is 10.2 Å². The first-order valence-electron chi connectivity index (χ1n) is 13.5.